The van der Waals surface area contributed by atoms with Crippen LogP contribution in [0, 0.1) is 0 Å². The van der Waals surface area contributed by atoms with Gasteiger partial charge in [-0.25, -0.2) is 0 Å². The van der Waals surface area contributed by atoms with Crippen molar-refractivity contribution in [1.29, 1.82) is 0 Å². The van der Waals surface area contributed by atoms with Crippen LogP contribution in [-0.4, -0.2) is 41.3 Å². The molecule has 4 heteroatoms. The van der Waals surface area contributed by atoms with Crippen molar-refractivity contribution in [2.75, 3.05) is 0 Å². The van der Waals surface area contributed by atoms with E-state index in [1.165, 1.54) is 0 Å². The molecule has 0 radical (unpaired) electrons. The Morgan fingerprint density at radius 1 is 1.13 bits per heavy atom. The van der Waals surface area contributed by atoms with E-state index in [0.717, 1.165) is 5.19 Å². The zero-order chi connectivity index (χ0) is 11.1. The summed E-state index contributed by atoms with van der Waals surface area (Å²) in [4.78, 5) is 0. The highest BCUT2D eigenvalue weighted by Crippen LogP contribution is 2.29. The van der Waals surface area contributed by atoms with E-state index >= 15 is 0 Å². The molecule has 82 valence electrons. The third kappa shape index (κ3) is 1.63. The van der Waals surface area contributed by atoms with Crippen LogP contribution in [0.5, 0.6) is 0 Å². The van der Waals surface area contributed by atoms with Crippen LogP contribution in [0.1, 0.15) is 0 Å². The molecular formula is C11H16O3Si. The first kappa shape index (κ1) is 10.8. The number of benzene rings is 1. The number of hydrogen-bond donors (Lipinski definition) is 3. The van der Waals surface area contributed by atoms with Crippen molar-refractivity contribution in [2.45, 2.75) is 30.5 Å². The Hall–Kier alpha value is -0.683. The predicted molar refractivity (Wildman–Crippen MR) is 60.5 cm³/mol. The largest absolute Gasteiger partial charge is 0.393 e. The second-order valence-electron chi connectivity index (χ2n) is 4.49. The summed E-state index contributed by atoms with van der Waals surface area (Å²) in [6.07, 6.45) is -1.77. The van der Waals surface area contributed by atoms with Crippen molar-refractivity contribution in [3.63, 3.8) is 0 Å². The lowest BCUT2D eigenvalue weighted by Crippen LogP contribution is -2.54. The Bertz CT molecular complexity index is 343. The van der Waals surface area contributed by atoms with Crippen molar-refractivity contribution in [1.82, 2.24) is 0 Å². The number of hydrogen-bond acceptors (Lipinski definition) is 3. The van der Waals surface area contributed by atoms with Gasteiger partial charge in [0.05, 0.1) is 11.8 Å². The van der Waals surface area contributed by atoms with Crippen LogP contribution in [0.3, 0.4) is 0 Å². The molecule has 1 heterocycles. The molecule has 3 nitrogen and oxygen atoms in total. The molecule has 15 heavy (non-hydrogen) atoms. The van der Waals surface area contributed by atoms with Crippen molar-refractivity contribution in [3.8, 4) is 0 Å². The minimum atomic E-state index is -2.14. The lowest BCUT2D eigenvalue weighted by atomic mass is 10.2. The van der Waals surface area contributed by atoms with E-state index < -0.39 is 26.0 Å². The molecule has 0 spiro atoms. The smallest absolute Gasteiger partial charge is 0.122 e. The van der Waals surface area contributed by atoms with Crippen LogP contribution >= 0.6 is 0 Å². The van der Waals surface area contributed by atoms with E-state index in [0.29, 0.717) is 6.04 Å². The fourth-order valence-corrected chi connectivity index (χ4v) is 6.23. The van der Waals surface area contributed by atoms with Crippen LogP contribution in [0.2, 0.25) is 12.6 Å². The SMILES string of the molecule is C[Si@]1(c2ccccc2)C[C@@H](O)[C@@H](O)[C@@H]1O. The van der Waals surface area contributed by atoms with Crippen LogP contribution < -0.4 is 5.19 Å². The number of rotatable bonds is 1. The zero-order valence-electron chi connectivity index (χ0n) is 8.67. The molecule has 0 unspecified atom stereocenters. The molecule has 0 bridgehead atoms. The van der Waals surface area contributed by atoms with E-state index in [4.69, 9.17) is 0 Å². The van der Waals surface area contributed by atoms with Crippen LogP contribution in [-0.2, 0) is 0 Å². The molecule has 3 N–H and O–H groups in total. The monoisotopic (exact) mass is 224 g/mol. The predicted octanol–water partition coefficient (Wildman–Crippen LogP) is -0.392. The maximum Gasteiger partial charge on any atom is 0.122 e. The van der Waals surface area contributed by atoms with E-state index in [1.807, 2.05) is 36.9 Å². The Balaban J connectivity index is 2.36. The zero-order valence-corrected chi connectivity index (χ0v) is 9.67. The molecular weight excluding hydrogens is 208 g/mol. The molecule has 1 saturated heterocycles. The van der Waals surface area contributed by atoms with Gasteiger partial charge in [0.2, 0.25) is 0 Å². The third-order valence-corrected chi connectivity index (χ3v) is 8.00. The summed E-state index contributed by atoms with van der Waals surface area (Å²) in [6, 6.07) is 10.3. The fourth-order valence-electron chi connectivity index (χ4n) is 2.37. The summed E-state index contributed by atoms with van der Waals surface area (Å²) >= 11 is 0. The summed E-state index contributed by atoms with van der Waals surface area (Å²) in [6.45, 7) is 2.01. The van der Waals surface area contributed by atoms with Gasteiger partial charge in [0.15, 0.2) is 0 Å². The summed E-state index contributed by atoms with van der Waals surface area (Å²) < 4.78 is 0. The van der Waals surface area contributed by atoms with E-state index in [1.54, 1.807) is 0 Å². The van der Waals surface area contributed by atoms with E-state index in [9.17, 15) is 15.3 Å². The maximum absolute atomic E-state index is 9.99. The van der Waals surface area contributed by atoms with Crippen LogP contribution in [0.4, 0.5) is 0 Å². The van der Waals surface area contributed by atoms with Gasteiger partial charge in [0, 0.05) is 0 Å². The topological polar surface area (TPSA) is 60.7 Å². The van der Waals surface area contributed by atoms with Gasteiger partial charge in [-0.2, -0.15) is 0 Å². The highest BCUT2D eigenvalue weighted by Gasteiger charge is 2.51. The molecule has 4 atom stereocenters. The van der Waals surface area contributed by atoms with Gasteiger partial charge >= 0.3 is 0 Å². The highest BCUT2D eigenvalue weighted by molar-refractivity contribution is 6.92. The standard InChI is InChI=1S/C11H16O3Si/c1-15(8-5-3-2-4-6-8)7-9(12)10(13)11(15)14/h2-6,9-14H,7H2,1H3/t9-,10-,11-,15-/m1/s1. The average Bonchev–Trinajstić information content (AvgIpc) is 2.45. The van der Waals surface area contributed by atoms with Crippen LogP contribution in [0.15, 0.2) is 30.3 Å². The van der Waals surface area contributed by atoms with Gasteiger partial charge in [-0.05, 0) is 6.04 Å². The Kier molecular flexibility index (Phi) is 2.68. The normalized spacial score (nSPS) is 40.7. The average molecular weight is 224 g/mol. The van der Waals surface area contributed by atoms with Crippen molar-refractivity contribution in [2.24, 2.45) is 0 Å². The molecule has 0 aliphatic carbocycles. The molecule has 1 aromatic carbocycles. The number of aliphatic hydroxyl groups excluding tert-OH is 3. The summed E-state index contributed by atoms with van der Waals surface area (Å²) in [5.41, 5.74) is -0.769. The number of aliphatic hydroxyl groups is 3. The quantitative estimate of drug-likeness (QED) is 0.569. The summed E-state index contributed by atoms with van der Waals surface area (Å²) in [5, 5.41) is 30.3. The van der Waals surface area contributed by atoms with Gasteiger partial charge < -0.3 is 15.3 Å². The molecule has 1 aliphatic heterocycles. The molecule has 0 aromatic heterocycles. The van der Waals surface area contributed by atoms with Crippen molar-refractivity contribution < 1.29 is 15.3 Å². The molecule has 1 fully saturated rings. The molecule has 2 rings (SSSR count). The Labute approximate surface area is 90.0 Å². The lowest BCUT2D eigenvalue weighted by Gasteiger charge is -2.26. The van der Waals surface area contributed by atoms with Crippen molar-refractivity contribution in [3.05, 3.63) is 30.3 Å². The lowest BCUT2D eigenvalue weighted by molar-refractivity contribution is -0.00717. The van der Waals surface area contributed by atoms with Gasteiger partial charge in [0.25, 0.3) is 0 Å². The summed E-state index contributed by atoms with van der Waals surface area (Å²) in [5.74, 6) is 0. The third-order valence-electron chi connectivity index (χ3n) is 3.44. The Morgan fingerprint density at radius 2 is 1.73 bits per heavy atom. The van der Waals surface area contributed by atoms with E-state index in [-0.39, 0.29) is 0 Å². The van der Waals surface area contributed by atoms with Crippen LogP contribution in [0.25, 0.3) is 0 Å². The van der Waals surface area contributed by atoms with Crippen molar-refractivity contribution >= 4 is 13.3 Å². The minimum absolute atomic E-state index is 0.527. The summed E-state index contributed by atoms with van der Waals surface area (Å²) in [7, 11) is -2.14. The van der Waals surface area contributed by atoms with Gasteiger partial charge in [0.1, 0.15) is 14.2 Å². The second-order valence-corrected chi connectivity index (χ2v) is 8.90. The molecule has 0 amide bonds. The van der Waals surface area contributed by atoms with Gasteiger partial charge in [-0.3, -0.25) is 0 Å². The Morgan fingerprint density at radius 3 is 2.20 bits per heavy atom. The molecule has 1 aliphatic rings. The van der Waals surface area contributed by atoms with Gasteiger partial charge in [-0.15, -0.1) is 0 Å². The first-order valence-electron chi connectivity index (χ1n) is 5.15. The van der Waals surface area contributed by atoms with Gasteiger partial charge in [-0.1, -0.05) is 42.1 Å². The molecule has 1 aromatic rings. The van der Waals surface area contributed by atoms with E-state index in [2.05, 4.69) is 0 Å². The second kappa shape index (κ2) is 3.72. The first-order valence-corrected chi connectivity index (χ1v) is 7.94. The molecule has 0 saturated carbocycles. The maximum atomic E-state index is 9.99. The fraction of sp³-hybridized carbons (Fsp3) is 0.455. The minimum Gasteiger partial charge on any atom is -0.393 e. The highest BCUT2D eigenvalue weighted by atomic mass is 28.3. The first-order chi connectivity index (χ1) is 7.05.